The Balaban J connectivity index is 1.93. The molecule has 108 valence electrons. The zero-order valence-electron chi connectivity index (χ0n) is 11.5. The standard InChI is InChI=1S/C14H13N3O3S/c1-8-10-13(16-7-17(2)14(10)19)21-11(8)12(18)15-6-9-4-3-5-20-9/h3-5,7H,6H2,1-2H3,(H,15,18). The van der Waals surface area contributed by atoms with E-state index in [0.717, 1.165) is 0 Å². The van der Waals surface area contributed by atoms with Crippen LogP contribution in [0.15, 0.2) is 33.9 Å². The Morgan fingerprint density at radius 2 is 2.33 bits per heavy atom. The van der Waals surface area contributed by atoms with E-state index >= 15 is 0 Å². The molecule has 0 aliphatic rings. The van der Waals surface area contributed by atoms with Crippen LogP contribution in [-0.2, 0) is 13.6 Å². The second-order valence-corrected chi connectivity index (χ2v) is 5.66. The average Bonchev–Trinajstić information content (AvgIpc) is 3.09. The molecule has 0 saturated heterocycles. The molecule has 0 aliphatic carbocycles. The lowest BCUT2D eigenvalue weighted by Gasteiger charge is -2.02. The van der Waals surface area contributed by atoms with Gasteiger partial charge in [0.15, 0.2) is 0 Å². The number of fused-ring (bicyclic) bond motifs is 1. The highest BCUT2D eigenvalue weighted by atomic mass is 32.1. The Morgan fingerprint density at radius 1 is 1.52 bits per heavy atom. The Kier molecular flexibility index (Phi) is 3.34. The number of carbonyl (C=O) groups excluding carboxylic acids is 1. The lowest BCUT2D eigenvalue weighted by atomic mass is 10.2. The number of thiophene rings is 1. The van der Waals surface area contributed by atoms with Crippen molar-refractivity contribution in [2.45, 2.75) is 13.5 Å². The fourth-order valence-electron chi connectivity index (χ4n) is 2.09. The van der Waals surface area contributed by atoms with Gasteiger partial charge in [-0.1, -0.05) is 0 Å². The van der Waals surface area contributed by atoms with E-state index in [1.165, 1.54) is 22.2 Å². The molecule has 0 radical (unpaired) electrons. The van der Waals surface area contributed by atoms with Gasteiger partial charge >= 0.3 is 0 Å². The van der Waals surface area contributed by atoms with Gasteiger partial charge in [-0.2, -0.15) is 0 Å². The molecule has 0 aliphatic heterocycles. The molecule has 7 heteroatoms. The van der Waals surface area contributed by atoms with Crippen molar-refractivity contribution < 1.29 is 9.21 Å². The van der Waals surface area contributed by atoms with E-state index in [4.69, 9.17) is 4.42 Å². The second-order valence-electron chi connectivity index (χ2n) is 4.66. The zero-order chi connectivity index (χ0) is 15.0. The van der Waals surface area contributed by atoms with Gasteiger partial charge < -0.3 is 14.3 Å². The van der Waals surface area contributed by atoms with Crippen molar-refractivity contribution in [2.24, 2.45) is 7.05 Å². The molecule has 0 fully saturated rings. The number of aryl methyl sites for hydroxylation is 2. The molecule has 3 rings (SSSR count). The predicted molar refractivity (Wildman–Crippen MR) is 79.5 cm³/mol. The summed E-state index contributed by atoms with van der Waals surface area (Å²) in [5, 5.41) is 3.29. The summed E-state index contributed by atoms with van der Waals surface area (Å²) in [4.78, 5) is 29.6. The first-order chi connectivity index (χ1) is 10.1. The molecule has 0 spiro atoms. The molecule has 0 bridgehead atoms. The molecule has 1 N–H and O–H groups in total. The minimum absolute atomic E-state index is 0.140. The van der Waals surface area contributed by atoms with Crippen LogP contribution in [0.4, 0.5) is 0 Å². The number of hydrogen-bond acceptors (Lipinski definition) is 5. The zero-order valence-corrected chi connectivity index (χ0v) is 12.4. The quantitative estimate of drug-likeness (QED) is 0.800. The molecule has 0 saturated carbocycles. The maximum absolute atomic E-state index is 12.2. The molecule has 0 atom stereocenters. The molecule has 21 heavy (non-hydrogen) atoms. The van der Waals surface area contributed by atoms with Crippen molar-refractivity contribution in [3.63, 3.8) is 0 Å². The van der Waals surface area contributed by atoms with Gasteiger partial charge in [0, 0.05) is 7.05 Å². The number of hydrogen-bond donors (Lipinski definition) is 1. The fraction of sp³-hybridized carbons (Fsp3) is 0.214. The van der Waals surface area contributed by atoms with Gasteiger partial charge in [0.1, 0.15) is 10.6 Å². The van der Waals surface area contributed by atoms with Crippen LogP contribution in [0.2, 0.25) is 0 Å². The number of nitrogens with one attached hydrogen (secondary N) is 1. The van der Waals surface area contributed by atoms with Crippen molar-refractivity contribution in [1.82, 2.24) is 14.9 Å². The van der Waals surface area contributed by atoms with Crippen LogP contribution >= 0.6 is 11.3 Å². The van der Waals surface area contributed by atoms with Gasteiger partial charge in [0.05, 0.1) is 29.4 Å². The summed E-state index contributed by atoms with van der Waals surface area (Å²) in [6, 6.07) is 3.55. The van der Waals surface area contributed by atoms with Gasteiger partial charge in [-0.15, -0.1) is 11.3 Å². The first kappa shape index (κ1) is 13.6. The summed E-state index contributed by atoms with van der Waals surface area (Å²) in [6.45, 7) is 2.08. The van der Waals surface area contributed by atoms with E-state index < -0.39 is 0 Å². The minimum atomic E-state index is -0.228. The van der Waals surface area contributed by atoms with Crippen molar-refractivity contribution in [3.8, 4) is 0 Å². The highest BCUT2D eigenvalue weighted by Crippen LogP contribution is 2.26. The maximum Gasteiger partial charge on any atom is 0.262 e. The number of rotatable bonds is 3. The van der Waals surface area contributed by atoms with Crippen molar-refractivity contribution in [2.75, 3.05) is 0 Å². The molecule has 0 aromatic carbocycles. The van der Waals surface area contributed by atoms with Crippen LogP contribution in [0.5, 0.6) is 0 Å². The number of aromatic nitrogens is 2. The van der Waals surface area contributed by atoms with Gasteiger partial charge in [0.25, 0.3) is 11.5 Å². The molecule has 0 unspecified atom stereocenters. The van der Waals surface area contributed by atoms with Crippen molar-refractivity contribution in [3.05, 3.63) is 51.3 Å². The molecule has 3 heterocycles. The van der Waals surface area contributed by atoms with Gasteiger partial charge in [-0.3, -0.25) is 9.59 Å². The Morgan fingerprint density at radius 3 is 3.05 bits per heavy atom. The Bertz CT molecular complexity index is 862. The summed E-state index contributed by atoms with van der Waals surface area (Å²) >= 11 is 1.22. The molecular weight excluding hydrogens is 290 g/mol. The van der Waals surface area contributed by atoms with E-state index in [9.17, 15) is 9.59 Å². The van der Waals surface area contributed by atoms with Gasteiger partial charge in [-0.25, -0.2) is 4.98 Å². The third-order valence-electron chi connectivity index (χ3n) is 3.22. The second kappa shape index (κ2) is 5.17. The smallest absolute Gasteiger partial charge is 0.262 e. The fourth-order valence-corrected chi connectivity index (χ4v) is 3.14. The lowest BCUT2D eigenvalue weighted by molar-refractivity contribution is 0.0951. The summed E-state index contributed by atoms with van der Waals surface area (Å²) in [5.74, 6) is 0.449. The third kappa shape index (κ3) is 2.36. The predicted octanol–water partition coefficient (Wildman–Crippen LogP) is 1.83. The first-order valence-electron chi connectivity index (χ1n) is 6.33. The van der Waals surface area contributed by atoms with E-state index in [1.54, 1.807) is 32.4 Å². The summed E-state index contributed by atoms with van der Waals surface area (Å²) in [5.41, 5.74) is 0.527. The highest BCUT2D eigenvalue weighted by molar-refractivity contribution is 7.20. The van der Waals surface area contributed by atoms with Crippen LogP contribution in [0.25, 0.3) is 10.2 Å². The topological polar surface area (TPSA) is 77.1 Å². The summed E-state index contributed by atoms with van der Waals surface area (Å²) in [7, 11) is 1.64. The van der Waals surface area contributed by atoms with E-state index in [1.807, 2.05) is 0 Å². The summed E-state index contributed by atoms with van der Waals surface area (Å²) in [6.07, 6.45) is 3.02. The van der Waals surface area contributed by atoms with Crippen LogP contribution in [0.3, 0.4) is 0 Å². The monoisotopic (exact) mass is 303 g/mol. The Hall–Kier alpha value is -2.41. The normalized spacial score (nSPS) is 11.0. The number of furan rings is 1. The maximum atomic E-state index is 12.2. The summed E-state index contributed by atoms with van der Waals surface area (Å²) < 4.78 is 6.58. The van der Waals surface area contributed by atoms with Crippen molar-refractivity contribution >= 4 is 27.5 Å². The highest BCUT2D eigenvalue weighted by Gasteiger charge is 2.18. The molecule has 3 aromatic rings. The number of nitrogens with zero attached hydrogens (tertiary/aromatic N) is 2. The number of carbonyl (C=O) groups is 1. The first-order valence-corrected chi connectivity index (χ1v) is 7.15. The van der Waals surface area contributed by atoms with Crippen molar-refractivity contribution in [1.29, 1.82) is 0 Å². The minimum Gasteiger partial charge on any atom is -0.467 e. The van der Waals surface area contributed by atoms with E-state index in [-0.39, 0.29) is 11.5 Å². The number of amides is 1. The SMILES string of the molecule is Cc1c(C(=O)NCc2ccco2)sc2ncn(C)c(=O)c12. The largest absolute Gasteiger partial charge is 0.467 e. The van der Waals surface area contributed by atoms with E-state index in [2.05, 4.69) is 10.3 Å². The average molecular weight is 303 g/mol. The lowest BCUT2D eigenvalue weighted by Crippen LogP contribution is -2.22. The van der Waals surface area contributed by atoms with Gasteiger partial charge in [0.2, 0.25) is 0 Å². The van der Waals surface area contributed by atoms with Crippen LogP contribution in [-0.4, -0.2) is 15.5 Å². The molecule has 1 amide bonds. The van der Waals surface area contributed by atoms with Gasteiger partial charge in [-0.05, 0) is 24.6 Å². The Labute approximate surface area is 124 Å². The van der Waals surface area contributed by atoms with Crippen LogP contribution in [0.1, 0.15) is 21.0 Å². The van der Waals surface area contributed by atoms with Crippen LogP contribution in [0, 0.1) is 6.92 Å². The van der Waals surface area contributed by atoms with Crippen LogP contribution < -0.4 is 10.9 Å². The molecule has 6 nitrogen and oxygen atoms in total. The third-order valence-corrected chi connectivity index (χ3v) is 4.42. The van der Waals surface area contributed by atoms with E-state index in [0.29, 0.717) is 33.0 Å². The molecular formula is C14H13N3O3S. The molecule has 3 aromatic heterocycles.